The predicted octanol–water partition coefficient (Wildman–Crippen LogP) is 4.95. The number of pyridine rings is 1. The van der Waals surface area contributed by atoms with Gasteiger partial charge >= 0.3 is 0 Å². The van der Waals surface area contributed by atoms with Crippen LogP contribution < -0.4 is 5.73 Å². The summed E-state index contributed by atoms with van der Waals surface area (Å²) in [6, 6.07) is 4.29. The molecule has 116 valence electrons. The first-order valence-electron chi connectivity index (χ1n) is 7.96. The molecular formula is C17H29N3Si. The molecule has 0 aliphatic rings. The number of nitrogens with zero attached hydrogens (tertiary/aromatic N) is 2. The lowest BCUT2D eigenvalue weighted by Crippen LogP contribution is -2.52. The maximum Gasteiger partial charge on any atom is 0.171 e. The van der Waals surface area contributed by atoms with Gasteiger partial charge in [-0.1, -0.05) is 41.5 Å². The monoisotopic (exact) mass is 303 g/mol. The average molecular weight is 304 g/mol. The van der Waals surface area contributed by atoms with E-state index in [1.165, 1.54) is 11.1 Å². The minimum absolute atomic E-state index is 0.658. The summed E-state index contributed by atoms with van der Waals surface area (Å²) in [6.07, 6.45) is 1.79. The van der Waals surface area contributed by atoms with Crippen LogP contribution in [0.3, 0.4) is 0 Å². The molecular weight excluding hydrogens is 274 g/mol. The van der Waals surface area contributed by atoms with Gasteiger partial charge in [0.15, 0.2) is 8.24 Å². The van der Waals surface area contributed by atoms with E-state index in [0.29, 0.717) is 16.6 Å². The molecule has 2 aromatic rings. The van der Waals surface area contributed by atoms with E-state index < -0.39 is 8.24 Å². The molecule has 0 fully saturated rings. The van der Waals surface area contributed by atoms with Gasteiger partial charge in [0.1, 0.15) is 5.65 Å². The van der Waals surface area contributed by atoms with Gasteiger partial charge in [-0.05, 0) is 35.7 Å². The van der Waals surface area contributed by atoms with E-state index >= 15 is 0 Å². The largest absolute Gasteiger partial charge is 0.397 e. The first kappa shape index (κ1) is 16.1. The molecule has 0 saturated heterocycles. The highest BCUT2D eigenvalue weighted by Gasteiger charge is 2.46. The SMILES string of the molecule is Cc1cc2cc(N)cnc2n1[Si](C(C)C)(C(C)C)C(C)C. The van der Waals surface area contributed by atoms with Crippen molar-refractivity contribution in [3.63, 3.8) is 0 Å². The lowest BCUT2D eigenvalue weighted by molar-refractivity contribution is 0.763. The van der Waals surface area contributed by atoms with Gasteiger partial charge in [-0.25, -0.2) is 4.98 Å². The van der Waals surface area contributed by atoms with Crippen molar-refractivity contribution in [1.82, 2.24) is 9.22 Å². The van der Waals surface area contributed by atoms with Crippen molar-refractivity contribution in [2.24, 2.45) is 0 Å². The van der Waals surface area contributed by atoms with Crippen LogP contribution in [-0.2, 0) is 0 Å². The van der Waals surface area contributed by atoms with Gasteiger partial charge < -0.3 is 9.97 Å². The molecule has 3 nitrogen and oxygen atoms in total. The number of fused-ring (bicyclic) bond motifs is 1. The second-order valence-electron chi connectivity index (χ2n) is 7.15. The highest BCUT2D eigenvalue weighted by molar-refractivity contribution is 6.82. The highest BCUT2D eigenvalue weighted by Crippen LogP contribution is 2.44. The van der Waals surface area contributed by atoms with E-state index in [4.69, 9.17) is 5.73 Å². The minimum atomic E-state index is -1.76. The van der Waals surface area contributed by atoms with E-state index in [2.05, 4.69) is 63.7 Å². The quantitative estimate of drug-likeness (QED) is 0.812. The van der Waals surface area contributed by atoms with Crippen LogP contribution in [0, 0.1) is 6.92 Å². The van der Waals surface area contributed by atoms with Gasteiger partial charge in [0.05, 0.1) is 11.9 Å². The first-order valence-corrected chi connectivity index (χ1v) is 10.1. The fourth-order valence-electron chi connectivity index (χ4n) is 4.50. The maximum atomic E-state index is 5.91. The third-order valence-electron chi connectivity index (χ3n) is 5.01. The number of aromatic nitrogens is 2. The van der Waals surface area contributed by atoms with Crippen LogP contribution in [0.5, 0.6) is 0 Å². The summed E-state index contributed by atoms with van der Waals surface area (Å²) < 4.78 is 2.60. The van der Waals surface area contributed by atoms with Gasteiger partial charge in [-0.15, -0.1) is 0 Å². The summed E-state index contributed by atoms with van der Waals surface area (Å²) in [6.45, 7) is 16.5. The van der Waals surface area contributed by atoms with Crippen LogP contribution in [0.1, 0.15) is 47.2 Å². The zero-order valence-electron chi connectivity index (χ0n) is 14.4. The van der Waals surface area contributed by atoms with Crippen molar-refractivity contribution < 1.29 is 0 Å². The molecule has 0 radical (unpaired) electrons. The molecule has 0 saturated carbocycles. The molecule has 0 bridgehead atoms. The lowest BCUT2D eigenvalue weighted by atomic mass is 10.3. The number of rotatable bonds is 4. The Labute approximate surface area is 129 Å². The van der Waals surface area contributed by atoms with Gasteiger partial charge in [-0.3, -0.25) is 0 Å². The Balaban J connectivity index is 2.86. The molecule has 0 aliphatic heterocycles. The summed E-state index contributed by atoms with van der Waals surface area (Å²) in [5.41, 5.74) is 11.1. The zero-order valence-corrected chi connectivity index (χ0v) is 15.4. The van der Waals surface area contributed by atoms with E-state index in [1.54, 1.807) is 6.20 Å². The summed E-state index contributed by atoms with van der Waals surface area (Å²) in [5, 5.41) is 1.17. The number of nitrogens with two attached hydrogens (primary N) is 1. The first-order chi connectivity index (χ1) is 9.72. The summed E-state index contributed by atoms with van der Waals surface area (Å²) >= 11 is 0. The number of anilines is 1. The van der Waals surface area contributed by atoms with Gasteiger partial charge in [0, 0.05) is 11.1 Å². The second kappa shape index (κ2) is 5.48. The van der Waals surface area contributed by atoms with Gasteiger partial charge in [0.2, 0.25) is 0 Å². The average Bonchev–Trinajstić information content (AvgIpc) is 2.65. The van der Waals surface area contributed by atoms with Crippen molar-refractivity contribution in [3.8, 4) is 0 Å². The molecule has 0 atom stereocenters. The molecule has 2 aromatic heterocycles. The fraction of sp³-hybridized carbons (Fsp3) is 0.588. The Bertz CT molecular complexity index is 619. The molecule has 0 unspecified atom stereocenters. The third kappa shape index (κ3) is 2.29. The van der Waals surface area contributed by atoms with E-state index in [0.717, 1.165) is 11.3 Å². The smallest absolute Gasteiger partial charge is 0.171 e. The van der Waals surface area contributed by atoms with Crippen LogP contribution in [0.15, 0.2) is 18.3 Å². The van der Waals surface area contributed by atoms with Crippen molar-refractivity contribution >= 4 is 25.0 Å². The second-order valence-corrected chi connectivity index (χ2v) is 12.8. The van der Waals surface area contributed by atoms with Gasteiger partial charge in [-0.2, -0.15) is 0 Å². The molecule has 0 amide bonds. The number of aryl methyl sites for hydroxylation is 1. The van der Waals surface area contributed by atoms with Crippen LogP contribution in [0.25, 0.3) is 11.0 Å². The zero-order chi connectivity index (χ0) is 15.9. The Kier molecular flexibility index (Phi) is 4.20. The number of hydrogen-bond acceptors (Lipinski definition) is 2. The standard InChI is InChI=1S/C17H29N3Si/c1-11(2)21(12(3)4,13(5)6)20-14(7)8-15-9-16(18)10-19-17(15)20/h8-13H,18H2,1-7H3. The summed E-state index contributed by atoms with van der Waals surface area (Å²) in [4.78, 5) is 4.69. The van der Waals surface area contributed by atoms with Gasteiger partial charge in [0.25, 0.3) is 0 Å². The topological polar surface area (TPSA) is 43.8 Å². The minimum Gasteiger partial charge on any atom is -0.397 e. The van der Waals surface area contributed by atoms with Crippen molar-refractivity contribution in [2.75, 3.05) is 5.73 Å². The van der Waals surface area contributed by atoms with E-state index in [9.17, 15) is 0 Å². The van der Waals surface area contributed by atoms with Crippen molar-refractivity contribution in [1.29, 1.82) is 0 Å². The predicted molar refractivity (Wildman–Crippen MR) is 95.3 cm³/mol. The van der Waals surface area contributed by atoms with Crippen molar-refractivity contribution in [2.45, 2.75) is 65.1 Å². The Morgan fingerprint density at radius 2 is 1.52 bits per heavy atom. The van der Waals surface area contributed by atoms with Crippen LogP contribution in [0.4, 0.5) is 5.69 Å². The lowest BCUT2D eigenvalue weighted by Gasteiger charge is -2.45. The Hall–Kier alpha value is -1.29. The maximum absolute atomic E-state index is 5.91. The fourth-order valence-corrected chi connectivity index (χ4v) is 11.3. The molecule has 0 aromatic carbocycles. The summed E-state index contributed by atoms with van der Waals surface area (Å²) in [7, 11) is -1.76. The molecule has 2 rings (SSSR count). The van der Waals surface area contributed by atoms with E-state index in [-0.39, 0.29) is 0 Å². The number of nitrogen functional groups attached to an aromatic ring is 1. The molecule has 0 spiro atoms. The molecule has 21 heavy (non-hydrogen) atoms. The Morgan fingerprint density at radius 3 is 2.00 bits per heavy atom. The molecule has 4 heteroatoms. The molecule has 0 aliphatic carbocycles. The molecule has 2 N–H and O–H groups in total. The van der Waals surface area contributed by atoms with Crippen LogP contribution in [-0.4, -0.2) is 17.5 Å². The summed E-state index contributed by atoms with van der Waals surface area (Å²) in [5.74, 6) is 0. The van der Waals surface area contributed by atoms with Crippen LogP contribution in [0.2, 0.25) is 16.6 Å². The third-order valence-corrected chi connectivity index (χ3v) is 11.9. The van der Waals surface area contributed by atoms with Crippen molar-refractivity contribution in [3.05, 3.63) is 24.0 Å². The van der Waals surface area contributed by atoms with E-state index in [1.807, 2.05) is 6.07 Å². The van der Waals surface area contributed by atoms with Crippen LogP contribution >= 0.6 is 0 Å². The number of hydrogen-bond donors (Lipinski definition) is 1. The normalized spacial score (nSPS) is 13.0. The molecule has 2 heterocycles. The Morgan fingerprint density at radius 1 is 1.00 bits per heavy atom. The highest BCUT2D eigenvalue weighted by atomic mass is 28.3.